The zero-order valence-electron chi connectivity index (χ0n) is 12.6. The first-order valence-electron chi connectivity index (χ1n) is 6.97. The molecule has 0 aliphatic heterocycles. The summed E-state index contributed by atoms with van der Waals surface area (Å²) < 4.78 is 23.9. The first-order valence-corrected chi connectivity index (χ1v) is 6.97. The quantitative estimate of drug-likeness (QED) is 0.889. The number of hydrogen-bond acceptors (Lipinski definition) is 3. The Balaban J connectivity index is 2.01. The average Bonchev–Trinajstić information content (AvgIpc) is 2.50. The van der Waals surface area contributed by atoms with Gasteiger partial charge in [-0.15, -0.1) is 0 Å². The van der Waals surface area contributed by atoms with E-state index >= 15 is 0 Å². The summed E-state index contributed by atoms with van der Waals surface area (Å²) in [7, 11) is 1.57. The van der Waals surface area contributed by atoms with E-state index in [2.05, 4.69) is 5.32 Å². The second-order valence-corrected chi connectivity index (χ2v) is 4.65. The van der Waals surface area contributed by atoms with Crippen LogP contribution in [0.2, 0.25) is 0 Å². The molecule has 0 aliphatic carbocycles. The van der Waals surface area contributed by atoms with Crippen LogP contribution in [0.15, 0.2) is 42.5 Å². The molecule has 0 heterocycles. The molecule has 1 N–H and O–H groups in total. The summed E-state index contributed by atoms with van der Waals surface area (Å²) in [4.78, 5) is 12.0. The molecule has 0 atom stereocenters. The number of ether oxygens (including phenoxy) is 2. The predicted octanol–water partition coefficient (Wildman–Crippen LogP) is 3.41. The molecule has 0 bridgehead atoms. The molecule has 2 aromatic carbocycles. The minimum absolute atomic E-state index is 0.174. The van der Waals surface area contributed by atoms with Crippen molar-refractivity contribution >= 4 is 11.6 Å². The molecule has 4 nitrogen and oxygen atoms in total. The highest BCUT2D eigenvalue weighted by Crippen LogP contribution is 2.21. The highest BCUT2D eigenvalue weighted by molar-refractivity contribution is 5.92. The van der Waals surface area contributed by atoms with Gasteiger partial charge in [0.15, 0.2) is 11.6 Å². The lowest BCUT2D eigenvalue weighted by atomic mass is 10.1. The lowest BCUT2D eigenvalue weighted by Crippen LogP contribution is -2.14. The van der Waals surface area contributed by atoms with Crippen molar-refractivity contribution < 1.29 is 18.7 Å². The first kappa shape index (κ1) is 15.8. The third-order valence-electron chi connectivity index (χ3n) is 3.01. The van der Waals surface area contributed by atoms with Crippen molar-refractivity contribution in [3.8, 4) is 11.5 Å². The van der Waals surface area contributed by atoms with Gasteiger partial charge in [0.1, 0.15) is 5.75 Å². The van der Waals surface area contributed by atoms with Crippen molar-refractivity contribution in [1.82, 2.24) is 0 Å². The average molecular weight is 303 g/mol. The summed E-state index contributed by atoms with van der Waals surface area (Å²) in [5.74, 6) is 0.142. The van der Waals surface area contributed by atoms with Gasteiger partial charge in [0.05, 0.1) is 20.1 Å². The zero-order chi connectivity index (χ0) is 15.9. The molecule has 2 rings (SSSR count). The number of benzene rings is 2. The Hall–Kier alpha value is -2.56. The number of anilines is 1. The van der Waals surface area contributed by atoms with Crippen LogP contribution in [0.1, 0.15) is 12.5 Å². The van der Waals surface area contributed by atoms with E-state index in [1.54, 1.807) is 26.2 Å². The monoisotopic (exact) mass is 303 g/mol. The van der Waals surface area contributed by atoms with Gasteiger partial charge in [-0.05, 0) is 36.8 Å². The molecule has 0 aromatic heterocycles. The Morgan fingerprint density at radius 3 is 2.73 bits per heavy atom. The van der Waals surface area contributed by atoms with E-state index in [4.69, 9.17) is 9.47 Å². The lowest BCUT2D eigenvalue weighted by Gasteiger charge is -2.09. The van der Waals surface area contributed by atoms with E-state index in [0.717, 1.165) is 5.56 Å². The van der Waals surface area contributed by atoms with Gasteiger partial charge in [-0.2, -0.15) is 0 Å². The van der Waals surface area contributed by atoms with Crippen molar-refractivity contribution in [3.63, 3.8) is 0 Å². The molecule has 0 saturated carbocycles. The van der Waals surface area contributed by atoms with Gasteiger partial charge >= 0.3 is 0 Å². The van der Waals surface area contributed by atoms with E-state index in [1.807, 2.05) is 18.2 Å². The summed E-state index contributed by atoms with van der Waals surface area (Å²) in [6, 6.07) is 11.6. The number of halogens is 1. The van der Waals surface area contributed by atoms with Gasteiger partial charge in [0.25, 0.3) is 0 Å². The highest BCUT2D eigenvalue weighted by Gasteiger charge is 2.08. The molecule has 0 aliphatic rings. The van der Waals surface area contributed by atoms with Crippen molar-refractivity contribution in [1.29, 1.82) is 0 Å². The third kappa shape index (κ3) is 4.22. The topological polar surface area (TPSA) is 47.6 Å². The molecule has 22 heavy (non-hydrogen) atoms. The zero-order valence-corrected chi connectivity index (χ0v) is 12.6. The van der Waals surface area contributed by atoms with Crippen molar-refractivity contribution in [2.75, 3.05) is 19.0 Å². The normalized spacial score (nSPS) is 10.1. The highest BCUT2D eigenvalue weighted by atomic mass is 19.1. The van der Waals surface area contributed by atoms with Crippen molar-refractivity contribution in [2.45, 2.75) is 13.3 Å². The van der Waals surface area contributed by atoms with E-state index in [-0.39, 0.29) is 18.1 Å². The Labute approximate surface area is 128 Å². The van der Waals surface area contributed by atoms with Crippen LogP contribution in [0.3, 0.4) is 0 Å². The summed E-state index contributed by atoms with van der Waals surface area (Å²) in [5.41, 5.74) is 1.22. The second kappa shape index (κ2) is 7.45. The van der Waals surface area contributed by atoms with Gasteiger partial charge in [-0.3, -0.25) is 4.79 Å². The largest absolute Gasteiger partial charge is 0.497 e. The summed E-state index contributed by atoms with van der Waals surface area (Å²) in [6.07, 6.45) is 0.187. The van der Waals surface area contributed by atoms with E-state index in [1.165, 1.54) is 12.1 Å². The van der Waals surface area contributed by atoms with E-state index in [0.29, 0.717) is 18.0 Å². The number of amides is 1. The van der Waals surface area contributed by atoms with Crippen molar-refractivity contribution in [3.05, 3.63) is 53.8 Å². The maximum absolute atomic E-state index is 13.7. The Morgan fingerprint density at radius 1 is 1.23 bits per heavy atom. The maximum Gasteiger partial charge on any atom is 0.228 e. The molecular weight excluding hydrogens is 285 g/mol. The molecule has 0 unspecified atom stereocenters. The fourth-order valence-corrected chi connectivity index (χ4v) is 2.02. The van der Waals surface area contributed by atoms with Crippen LogP contribution in [-0.2, 0) is 11.2 Å². The van der Waals surface area contributed by atoms with Crippen LogP contribution >= 0.6 is 0 Å². The molecule has 116 valence electrons. The number of rotatable bonds is 6. The fourth-order valence-electron chi connectivity index (χ4n) is 2.02. The minimum Gasteiger partial charge on any atom is -0.497 e. The van der Waals surface area contributed by atoms with Crippen LogP contribution < -0.4 is 14.8 Å². The van der Waals surface area contributed by atoms with Crippen LogP contribution in [-0.4, -0.2) is 19.6 Å². The number of carbonyl (C=O) groups excluding carboxylic acids is 1. The SMILES string of the molecule is CCOc1ccc(NC(=O)Cc2cccc(OC)c2)cc1F. The van der Waals surface area contributed by atoms with Gasteiger partial charge in [0, 0.05) is 11.8 Å². The first-order chi connectivity index (χ1) is 10.6. The number of carbonyl (C=O) groups is 1. The molecule has 5 heteroatoms. The second-order valence-electron chi connectivity index (χ2n) is 4.65. The van der Waals surface area contributed by atoms with Crippen LogP contribution in [0, 0.1) is 5.82 Å². The summed E-state index contributed by atoms with van der Waals surface area (Å²) in [6.45, 7) is 2.17. The molecule has 2 aromatic rings. The molecule has 0 radical (unpaired) electrons. The van der Waals surface area contributed by atoms with E-state index in [9.17, 15) is 9.18 Å². The Bertz CT molecular complexity index is 658. The van der Waals surface area contributed by atoms with Crippen LogP contribution in [0.25, 0.3) is 0 Å². The summed E-state index contributed by atoms with van der Waals surface area (Å²) >= 11 is 0. The molecular formula is C17H18FNO3. The van der Waals surface area contributed by atoms with Crippen LogP contribution in [0.5, 0.6) is 11.5 Å². The smallest absolute Gasteiger partial charge is 0.228 e. The van der Waals surface area contributed by atoms with Gasteiger partial charge < -0.3 is 14.8 Å². The van der Waals surface area contributed by atoms with Gasteiger partial charge in [-0.1, -0.05) is 12.1 Å². The number of hydrogen-bond donors (Lipinski definition) is 1. The van der Waals surface area contributed by atoms with Crippen molar-refractivity contribution in [2.24, 2.45) is 0 Å². The molecule has 0 spiro atoms. The predicted molar refractivity (Wildman–Crippen MR) is 82.9 cm³/mol. The lowest BCUT2D eigenvalue weighted by molar-refractivity contribution is -0.115. The number of nitrogens with one attached hydrogen (secondary N) is 1. The van der Waals surface area contributed by atoms with Gasteiger partial charge in [0.2, 0.25) is 5.91 Å². The van der Waals surface area contributed by atoms with Gasteiger partial charge in [-0.25, -0.2) is 4.39 Å². The number of methoxy groups -OCH3 is 1. The molecule has 0 saturated heterocycles. The Morgan fingerprint density at radius 2 is 2.05 bits per heavy atom. The standard InChI is InChI=1S/C17H18FNO3/c1-3-22-16-8-7-13(11-15(16)18)19-17(20)10-12-5-4-6-14(9-12)21-2/h4-9,11H,3,10H2,1-2H3,(H,19,20). The molecule has 0 fully saturated rings. The molecule has 1 amide bonds. The maximum atomic E-state index is 13.7. The Kier molecular flexibility index (Phi) is 5.36. The summed E-state index contributed by atoms with van der Waals surface area (Å²) in [5, 5.41) is 2.66. The third-order valence-corrected chi connectivity index (χ3v) is 3.01. The fraction of sp³-hybridized carbons (Fsp3) is 0.235. The minimum atomic E-state index is -0.499. The van der Waals surface area contributed by atoms with E-state index < -0.39 is 5.82 Å². The van der Waals surface area contributed by atoms with Crippen LogP contribution in [0.4, 0.5) is 10.1 Å².